The molecule has 0 fully saturated rings. The van der Waals surface area contributed by atoms with E-state index in [0.717, 1.165) is 28.7 Å². The molecular weight excluding hydrogens is 236 g/mol. The molecule has 1 aromatic heterocycles. The Bertz CT molecular complexity index is 685. The van der Waals surface area contributed by atoms with Crippen LogP contribution in [-0.4, -0.2) is 14.7 Å². The zero-order chi connectivity index (χ0) is 13.2. The van der Waals surface area contributed by atoms with Gasteiger partial charge < -0.3 is 5.11 Å². The lowest BCUT2D eigenvalue weighted by molar-refractivity contribution is 0.173. The van der Waals surface area contributed by atoms with Gasteiger partial charge in [-0.1, -0.05) is 31.2 Å². The highest BCUT2D eigenvalue weighted by Crippen LogP contribution is 2.21. The van der Waals surface area contributed by atoms with E-state index < -0.39 is 0 Å². The van der Waals surface area contributed by atoms with E-state index in [1.54, 1.807) is 0 Å². The fourth-order valence-electron chi connectivity index (χ4n) is 2.26. The summed E-state index contributed by atoms with van der Waals surface area (Å²) in [6, 6.07) is 16.0. The van der Waals surface area contributed by atoms with Gasteiger partial charge in [-0.05, 0) is 36.2 Å². The van der Waals surface area contributed by atoms with Gasteiger partial charge in [0.25, 0.3) is 0 Å². The summed E-state index contributed by atoms with van der Waals surface area (Å²) >= 11 is 0. The molecule has 0 aliphatic rings. The Labute approximate surface area is 112 Å². The molecule has 3 heteroatoms. The van der Waals surface area contributed by atoms with E-state index in [1.807, 2.05) is 55.7 Å². The molecule has 1 N–H and O–H groups in total. The summed E-state index contributed by atoms with van der Waals surface area (Å²) in [6.45, 7) is 1.97. The number of aliphatic hydroxyl groups is 1. The molecule has 3 rings (SSSR count). The minimum Gasteiger partial charge on any atom is -0.388 e. The van der Waals surface area contributed by atoms with Crippen molar-refractivity contribution in [2.24, 2.45) is 0 Å². The summed E-state index contributed by atoms with van der Waals surface area (Å²) in [5.41, 5.74) is 4.09. The number of nitrogens with zero attached hydrogens (tertiary/aromatic N) is 2. The number of hydrogen-bond acceptors (Lipinski definition) is 2. The number of hydrogen-bond donors (Lipinski definition) is 1. The molecule has 0 amide bonds. The molecule has 96 valence electrons. The van der Waals surface area contributed by atoms with E-state index in [4.69, 9.17) is 0 Å². The van der Waals surface area contributed by atoms with E-state index in [9.17, 15) is 5.11 Å². The van der Waals surface area contributed by atoms with E-state index in [-0.39, 0.29) is 6.10 Å². The molecule has 0 unspecified atom stereocenters. The quantitative estimate of drug-likeness (QED) is 0.775. The van der Waals surface area contributed by atoms with Crippen molar-refractivity contribution in [1.82, 2.24) is 9.55 Å². The van der Waals surface area contributed by atoms with Crippen molar-refractivity contribution >= 4 is 11.0 Å². The lowest BCUT2D eigenvalue weighted by Gasteiger charge is -2.09. The molecule has 0 aliphatic carbocycles. The predicted molar refractivity (Wildman–Crippen MR) is 76.3 cm³/mol. The first-order valence-corrected chi connectivity index (χ1v) is 6.50. The van der Waals surface area contributed by atoms with Crippen LogP contribution >= 0.6 is 0 Å². The number of rotatable bonds is 3. The van der Waals surface area contributed by atoms with Gasteiger partial charge in [-0.3, -0.25) is 4.57 Å². The largest absolute Gasteiger partial charge is 0.388 e. The van der Waals surface area contributed by atoms with Crippen LogP contribution in [0.15, 0.2) is 54.9 Å². The van der Waals surface area contributed by atoms with Crippen molar-refractivity contribution in [3.05, 3.63) is 60.4 Å². The first-order chi connectivity index (χ1) is 9.29. The van der Waals surface area contributed by atoms with Gasteiger partial charge >= 0.3 is 0 Å². The van der Waals surface area contributed by atoms with E-state index in [0.29, 0.717) is 0 Å². The van der Waals surface area contributed by atoms with Crippen molar-refractivity contribution < 1.29 is 5.11 Å². The zero-order valence-electron chi connectivity index (χ0n) is 10.8. The molecule has 0 saturated heterocycles. The summed E-state index contributed by atoms with van der Waals surface area (Å²) in [5, 5.41) is 9.80. The third kappa shape index (κ3) is 2.13. The molecule has 3 nitrogen and oxygen atoms in total. The van der Waals surface area contributed by atoms with Crippen molar-refractivity contribution in [3.8, 4) is 5.69 Å². The van der Waals surface area contributed by atoms with E-state index in [2.05, 4.69) is 15.6 Å². The zero-order valence-corrected chi connectivity index (χ0v) is 10.8. The second kappa shape index (κ2) is 4.86. The summed E-state index contributed by atoms with van der Waals surface area (Å²) in [7, 11) is 0. The molecule has 2 aromatic carbocycles. The van der Waals surface area contributed by atoms with Gasteiger partial charge in [0, 0.05) is 5.69 Å². The molecule has 1 atom stereocenters. The number of aromatic nitrogens is 2. The highest BCUT2D eigenvalue weighted by Gasteiger charge is 2.06. The molecule has 1 heterocycles. The predicted octanol–water partition coefficient (Wildman–Crippen LogP) is 3.47. The SMILES string of the molecule is CC[C@H](O)c1ccc(-n2cnc3ccccc32)cc1. The van der Waals surface area contributed by atoms with Crippen LogP contribution in [0.4, 0.5) is 0 Å². The van der Waals surface area contributed by atoms with Crippen molar-refractivity contribution in [2.75, 3.05) is 0 Å². The maximum Gasteiger partial charge on any atom is 0.100 e. The lowest BCUT2D eigenvalue weighted by atomic mass is 10.1. The Morgan fingerprint density at radius 1 is 1.11 bits per heavy atom. The maximum atomic E-state index is 9.80. The average Bonchev–Trinajstić information content (AvgIpc) is 2.90. The molecule has 0 saturated carbocycles. The van der Waals surface area contributed by atoms with Crippen LogP contribution in [0.1, 0.15) is 25.0 Å². The summed E-state index contributed by atoms with van der Waals surface area (Å²) in [4.78, 5) is 4.38. The van der Waals surface area contributed by atoms with Crippen LogP contribution in [0, 0.1) is 0 Å². The number of fused-ring (bicyclic) bond motifs is 1. The third-order valence-corrected chi connectivity index (χ3v) is 3.40. The van der Waals surface area contributed by atoms with Crippen LogP contribution in [0.2, 0.25) is 0 Å². The first-order valence-electron chi connectivity index (χ1n) is 6.50. The smallest absolute Gasteiger partial charge is 0.100 e. The molecule has 0 spiro atoms. The van der Waals surface area contributed by atoms with Gasteiger partial charge in [-0.15, -0.1) is 0 Å². The van der Waals surface area contributed by atoms with Crippen molar-refractivity contribution in [1.29, 1.82) is 0 Å². The fourth-order valence-corrected chi connectivity index (χ4v) is 2.26. The van der Waals surface area contributed by atoms with Gasteiger partial charge in [-0.25, -0.2) is 4.98 Å². The Kier molecular flexibility index (Phi) is 3.05. The second-order valence-electron chi connectivity index (χ2n) is 4.62. The molecule has 0 radical (unpaired) electrons. The van der Waals surface area contributed by atoms with Gasteiger partial charge in [0.1, 0.15) is 6.33 Å². The van der Waals surface area contributed by atoms with Crippen LogP contribution in [0.5, 0.6) is 0 Å². The third-order valence-electron chi connectivity index (χ3n) is 3.40. The molecule has 3 aromatic rings. The van der Waals surface area contributed by atoms with Crippen LogP contribution in [0.3, 0.4) is 0 Å². The fraction of sp³-hybridized carbons (Fsp3) is 0.188. The standard InChI is InChI=1S/C16H16N2O/c1-2-16(19)12-7-9-13(10-8-12)18-11-17-14-5-3-4-6-15(14)18/h3-11,16,19H,2H2,1H3/t16-/m0/s1. The summed E-state index contributed by atoms with van der Waals surface area (Å²) in [5.74, 6) is 0. The minimum atomic E-state index is -0.381. The highest BCUT2D eigenvalue weighted by molar-refractivity contribution is 5.77. The maximum absolute atomic E-state index is 9.80. The van der Waals surface area contributed by atoms with Crippen molar-refractivity contribution in [3.63, 3.8) is 0 Å². The number of aliphatic hydroxyl groups excluding tert-OH is 1. The minimum absolute atomic E-state index is 0.381. The van der Waals surface area contributed by atoms with Crippen LogP contribution in [-0.2, 0) is 0 Å². The number of para-hydroxylation sites is 2. The Balaban J connectivity index is 2.02. The van der Waals surface area contributed by atoms with Crippen molar-refractivity contribution in [2.45, 2.75) is 19.4 Å². The summed E-state index contributed by atoms with van der Waals surface area (Å²) < 4.78 is 2.05. The van der Waals surface area contributed by atoms with Gasteiger partial charge in [-0.2, -0.15) is 0 Å². The Morgan fingerprint density at radius 2 is 1.84 bits per heavy atom. The molecule has 0 aliphatic heterocycles. The number of imidazole rings is 1. The van der Waals surface area contributed by atoms with Gasteiger partial charge in [0.2, 0.25) is 0 Å². The van der Waals surface area contributed by atoms with Gasteiger partial charge in [0.05, 0.1) is 17.1 Å². The first kappa shape index (κ1) is 11.9. The highest BCUT2D eigenvalue weighted by atomic mass is 16.3. The van der Waals surface area contributed by atoms with Crippen LogP contribution in [0.25, 0.3) is 16.7 Å². The molecule has 19 heavy (non-hydrogen) atoms. The Hall–Kier alpha value is -2.13. The molecular formula is C16H16N2O. The lowest BCUT2D eigenvalue weighted by Crippen LogP contribution is -1.97. The van der Waals surface area contributed by atoms with E-state index >= 15 is 0 Å². The topological polar surface area (TPSA) is 38.0 Å². The monoisotopic (exact) mass is 252 g/mol. The van der Waals surface area contributed by atoms with E-state index in [1.165, 1.54) is 0 Å². The van der Waals surface area contributed by atoms with Gasteiger partial charge in [0.15, 0.2) is 0 Å². The molecule has 0 bridgehead atoms. The Morgan fingerprint density at radius 3 is 2.58 bits per heavy atom. The second-order valence-corrected chi connectivity index (χ2v) is 4.62. The number of benzene rings is 2. The normalized spacial score (nSPS) is 12.7. The average molecular weight is 252 g/mol. The van der Waals surface area contributed by atoms with Crippen LogP contribution < -0.4 is 0 Å². The summed E-state index contributed by atoms with van der Waals surface area (Å²) in [6.07, 6.45) is 2.18.